The first-order valence-electron chi connectivity index (χ1n) is 33.0. The number of rotatable bonds is 27. The zero-order valence-corrected chi connectivity index (χ0v) is 59.2. The lowest BCUT2D eigenvalue weighted by molar-refractivity contribution is -0.130. The van der Waals surface area contributed by atoms with Crippen molar-refractivity contribution in [1.82, 2.24) is 36.8 Å². The first kappa shape index (κ1) is 85.0. The van der Waals surface area contributed by atoms with Gasteiger partial charge in [-0.15, -0.1) is 0 Å². The standard InChI is InChI=1S/2C13H17NO.3C12H15NO.2C11H13NO/c1-4-11-6-8-12(9-7-11)10-14(3)13(15)5-2;1-3-6-13(15)14-10-12-8-5-7-11(4-2)9-12;1-3-10-5-7-11(8-6-10)9-13-12(14)4-2;1-3-10-6-5-7-11(8-10)9-13-12(14)4-2;1-3-10-7-5-6-8-11(10)9-13-12(14)4-2;1-3-10-5-4-6-11(7-10)8-12-9(2)13;1-3-10-6-4-5-7-11(10)8-12-9(2)13/h4,6-9H,1,5,10H2,2-3H3;4-5,7-9H,2-3,6,10H2,1H3,(H,14,15);3*3,5-8H,1,4,9H2,2H3,(H,13,14);2*3-7H,1,8H2,2H3,(H,12,13). The minimum absolute atomic E-state index is 0.0102. The van der Waals surface area contributed by atoms with Crippen molar-refractivity contribution in [2.24, 2.45) is 0 Å². The van der Waals surface area contributed by atoms with E-state index in [2.05, 4.69) is 78.0 Å². The van der Waals surface area contributed by atoms with Gasteiger partial charge in [0.15, 0.2) is 0 Å². The van der Waals surface area contributed by atoms with Crippen molar-refractivity contribution >= 4 is 83.9 Å². The molecule has 7 aromatic carbocycles. The van der Waals surface area contributed by atoms with E-state index in [-0.39, 0.29) is 41.4 Å². The number of nitrogens with one attached hydrogen (secondary N) is 6. The van der Waals surface area contributed by atoms with Crippen LogP contribution in [0.2, 0.25) is 0 Å². The molecule has 0 spiro atoms. The van der Waals surface area contributed by atoms with Crippen molar-refractivity contribution in [1.29, 1.82) is 0 Å². The predicted molar refractivity (Wildman–Crippen MR) is 411 cm³/mol. The van der Waals surface area contributed by atoms with E-state index in [9.17, 15) is 33.6 Å². The monoisotopic (exact) mass is 1320 g/mol. The van der Waals surface area contributed by atoms with E-state index < -0.39 is 0 Å². The summed E-state index contributed by atoms with van der Waals surface area (Å²) in [5.74, 6) is 0.489. The highest BCUT2D eigenvalue weighted by Gasteiger charge is 2.07. The first-order chi connectivity index (χ1) is 47.2. The van der Waals surface area contributed by atoms with Gasteiger partial charge in [0, 0.05) is 98.8 Å². The molecule has 0 unspecified atom stereocenters. The maximum absolute atomic E-state index is 11.3. The fraction of sp³-hybridized carbons (Fsp3) is 0.250. The van der Waals surface area contributed by atoms with Crippen molar-refractivity contribution in [3.63, 3.8) is 0 Å². The summed E-state index contributed by atoms with van der Waals surface area (Å²) in [6, 6.07) is 55.6. The number of carbonyl (C=O) groups is 7. The molecule has 14 nitrogen and oxygen atoms in total. The van der Waals surface area contributed by atoms with Crippen LogP contribution in [0.1, 0.15) is 165 Å². The van der Waals surface area contributed by atoms with Crippen molar-refractivity contribution in [2.45, 2.75) is 133 Å². The molecule has 7 aromatic rings. The smallest absolute Gasteiger partial charge is 0.222 e. The largest absolute Gasteiger partial charge is 0.352 e. The Morgan fingerprint density at radius 2 is 0.663 bits per heavy atom. The number of hydrogen-bond donors (Lipinski definition) is 6. The Morgan fingerprint density at radius 3 is 1.01 bits per heavy atom. The van der Waals surface area contributed by atoms with Crippen molar-refractivity contribution in [3.8, 4) is 0 Å². The quantitative estimate of drug-likeness (QED) is 0.0295. The average Bonchev–Trinajstić information content (AvgIpc) is 2.10. The number of nitrogens with zero attached hydrogens (tertiary/aromatic N) is 1. The summed E-state index contributed by atoms with van der Waals surface area (Å²) in [6.45, 7) is 42.5. The fourth-order valence-corrected chi connectivity index (χ4v) is 8.37. The van der Waals surface area contributed by atoms with Gasteiger partial charge < -0.3 is 36.8 Å². The van der Waals surface area contributed by atoms with Gasteiger partial charge in [-0.3, -0.25) is 33.6 Å². The van der Waals surface area contributed by atoms with E-state index in [0.29, 0.717) is 77.9 Å². The van der Waals surface area contributed by atoms with Crippen LogP contribution in [0.3, 0.4) is 0 Å². The van der Waals surface area contributed by atoms with Crippen LogP contribution in [0, 0.1) is 0 Å². The van der Waals surface area contributed by atoms with Crippen LogP contribution in [0.25, 0.3) is 42.5 Å². The summed E-state index contributed by atoms with van der Waals surface area (Å²) in [6.07, 6.45) is 16.2. The Balaban J connectivity index is 0.000000572. The highest BCUT2D eigenvalue weighted by molar-refractivity contribution is 5.78. The molecule has 7 amide bonds. The number of carbonyl (C=O) groups excluding carboxylic acids is 7. The molecule has 0 aliphatic rings. The summed E-state index contributed by atoms with van der Waals surface area (Å²) >= 11 is 0. The van der Waals surface area contributed by atoms with Crippen molar-refractivity contribution in [3.05, 3.63) is 294 Å². The van der Waals surface area contributed by atoms with E-state index in [1.165, 1.54) is 13.8 Å². The summed E-state index contributed by atoms with van der Waals surface area (Å²) in [5, 5.41) is 16.9. The fourth-order valence-electron chi connectivity index (χ4n) is 8.37. The van der Waals surface area contributed by atoms with Crippen LogP contribution in [0.15, 0.2) is 216 Å². The molecule has 0 radical (unpaired) electrons. The van der Waals surface area contributed by atoms with E-state index in [1.54, 1.807) is 41.4 Å². The molecule has 0 saturated carbocycles. The third-order valence-corrected chi connectivity index (χ3v) is 14.1. The van der Waals surface area contributed by atoms with Gasteiger partial charge >= 0.3 is 0 Å². The van der Waals surface area contributed by atoms with E-state index in [1.807, 2.05) is 218 Å². The predicted octanol–water partition coefficient (Wildman–Crippen LogP) is 16.4. The molecule has 14 heteroatoms. The SMILES string of the molecule is C=Cc1ccc(CN(C)C(=O)CC)cc1.C=Cc1ccc(CNC(=O)CC)cc1.C=Cc1cccc(CNC(=O)CC)c1.C=Cc1cccc(CNC(=O)CCC)c1.C=Cc1cccc(CNC(C)=O)c1.C=Cc1ccccc1CNC(=O)CC.C=Cc1ccccc1CNC(C)=O. The summed E-state index contributed by atoms with van der Waals surface area (Å²) in [7, 11) is 1.83. The molecule has 0 saturated heterocycles. The summed E-state index contributed by atoms with van der Waals surface area (Å²) in [5.41, 5.74) is 15.3. The zero-order chi connectivity index (χ0) is 72.9. The Hall–Kier alpha value is -11.0. The molecule has 518 valence electrons. The molecular weight excluding hydrogens is 1220 g/mol. The van der Waals surface area contributed by atoms with Crippen molar-refractivity contribution in [2.75, 3.05) is 7.05 Å². The van der Waals surface area contributed by atoms with Gasteiger partial charge in [-0.05, 0) is 103 Å². The molecule has 0 aliphatic heterocycles. The Morgan fingerprint density at radius 1 is 0.337 bits per heavy atom. The highest BCUT2D eigenvalue weighted by Crippen LogP contribution is 2.13. The van der Waals surface area contributed by atoms with E-state index >= 15 is 0 Å². The van der Waals surface area contributed by atoms with Crippen LogP contribution in [0.5, 0.6) is 0 Å². The second kappa shape index (κ2) is 52.3. The Bertz CT molecular complexity index is 3630. The van der Waals surface area contributed by atoms with Gasteiger partial charge in [-0.1, -0.05) is 275 Å². The van der Waals surface area contributed by atoms with E-state index in [0.717, 1.165) is 84.3 Å². The molecule has 0 fully saturated rings. The lowest BCUT2D eigenvalue weighted by atomic mass is 10.1. The molecule has 6 N–H and O–H groups in total. The van der Waals surface area contributed by atoms with Gasteiger partial charge in [0.2, 0.25) is 41.4 Å². The normalized spacial score (nSPS) is 9.51. The molecule has 98 heavy (non-hydrogen) atoms. The molecule has 0 atom stereocenters. The topological polar surface area (TPSA) is 195 Å². The minimum atomic E-state index is -0.0149. The van der Waals surface area contributed by atoms with Crippen LogP contribution in [0.4, 0.5) is 0 Å². The molecular formula is C84H105N7O7. The van der Waals surface area contributed by atoms with Gasteiger partial charge in [0.05, 0.1) is 0 Å². The second-order valence-corrected chi connectivity index (χ2v) is 21.9. The zero-order valence-electron chi connectivity index (χ0n) is 59.2. The van der Waals surface area contributed by atoms with Gasteiger partial charge in [0.1, 0.15) is 0 Å². The molecule has 0 heterocycles. The van der Waals surface area contributed by atoms with Crippen LogP contribution < -0.4 is 31.9 Å². The molecule has 7 rings (SSSR count). The number of benzene rings is 7. The highest BCUT2D eigenvalue weighted by atomic mass is 16.2. The Labute approximate surface area is 584 Å². The van der Waals surface area contributed by atoms with Gasteiger partial charge in [-0.2, -0.15) is 0 Å². The molecule has 0 bridgehead atoms. The first-order valence-corrected chi connectivity index (χ1v) is 33.0. The third-order valence-electron chi connectivity index (χ3n) is 14.1. The summed E-state index contributed by atoms with van der Waals surface area (Å²) in [4.78, 5) is 78.7. The van der Waals surface area contributed by atoms with Crippen molar-refractivity contribution < 1.29 is 33.6 Å². The summed E-state index contributed by atoms with van der Waals surface area (Å²) < 4.78 is 0. The van der Waals surface area contributed by atoms with Gasteiger partial charge in [-0.25, -0.2) is 0 Å². The van der Waals surface area contributed by atoms with Crippen LogP contribution >= 0.6 is 0 Å². The second-order valence-electron chi connectivity index (χ2n) is 21.9. The maximum atomic E-state index is 11.3. The van der Waals surface area contributed by atoms with Crippen LogP contribution in [-0.4, -0.2) is 53.3 Å². The Kier molecular flexibility index (Phi) is 45.4. The van der Waals surface area contributed by atoms with Gasteiger partial charge in [0.25, 0.3) is 0 Å². The lowest BCUT2D eigenvalue weighted by Gasteiger charge is -2.16. The van der Waals surface area contributed by atoms with E-state index in [4.69, 9.17) is 0 Å². The lowest BCUT2D eigenvalue weighted by Crippen LogP contribution is -2.25. The average molecular weight is 1320 g/mol. The minimum Gasteiger partial charge on any atom is -0.352 e. The number of amides is 7. The van der Waals surface area contributed by atoms with Crippen LogP contribution in [-0.2, 0) is 79.4 Å². The molecule has 0 aromatic heterocycles. The third kappa shape index (κ3) is 39.0. The molecule has 0 aliphatic carbocycles. The maximum Gasteiger partial charge on any atom is 0.222 e. The number of hydrogen-bond acceptors (Lipinski definition) is 7.